The number of rotatable bonds is 3. The van der Waals surface area contributed by atoms with Gasteiger partial charge >= 0.3 is 0 Å². The van der Waals surface area contributed by atoms with Gasteiger partial charge in [0.25, 0.3) is 11.8 Å². The molecule has 1 N–H and O–H groups in total. The third kappa shape index (κ3) is 2.71. The van der Waals surface area contributed by atoms with Gasteiger partial charge in [-0.2, -0.15) is 4.57 Å². The summed E-state index contributed by atoms with van der Waals surface area (Å²) in [5.41, 5.74) is 0.680. The van der Waals surface area contributed by atoms with Gasteiger partial charge in [-0.05, 0) is 17.7 Å². The van der Waals surface area contributed by atoms with Gasteiger partial charge < -0.3 is 10.1 Å². The minimum atomic E-state index is -0.731. The fourth-order valence-corrected chi connectivity index (χ4v) is 2.91. The Morgan fingerprint density at radius 3 is 2.58 bits per heavy atom. The Kier molecular flexibility index (Phi) is 4.22. The van der Waals surface area contributed by atoms with Crippen molar-refractivity contribution in [3.8, 4) is 5.75 Å². The quantitative estimate of drug-likeness (QED) is 0.398. The van der Waals surface area contributed by atoms with E-state index < -0.39 is 23.8 Å². The number of ether oxygens (including phenoxy) is 1. The van der Waals surface area contributed by atoms with E-state index in [1.54, 1.807) is 53.4 Å². The van der Waals surface area contributed by atoms with Crippen LogP contribution in [0.5, 0.6) is 5.75 Å². The van der Waals surface area contributed by atoms with Crippen molar-refractivity contribution in [2.75, 3.05) is 7.11 Å². The molecule has 1 aliphatic rings. The second-order valence-electron chi connectivity index (χ2n) is 5.37. The predicted octanol–water partition coefficient (Wildman–Crippen LogP) is 1.13. The van der Waals surface area contributed by atoms with E-state index >= 15 is 0 Å². The van der Waals surface area contributed by atoms with Crippen molar-refractivity contribution in [3.63, 3.8) is 0 Å². The molecule has 2 aromatic rings. The van der Waals surface area contributed by atoms with E-state index in [1.165, 1.54) is 7.11 Å². The van der Waals surface area contributed by atoms with Gasteiger partial charge in [-0.3, -0.25) is 20.8 Å². The molecule has 1 aromatic heterocycles. The van der Waals surface area contributed by atoms with E-state index in [0.717, 1.165) is 0 Å². The number of methoxy groups -OCH3 is 1. The lowest BCUT2D eigenvalue weighted by molar-refractivity contribution is -0.711. The van der Waals surface area contributed by atoms with Gasteiger partial charge in [-0.1, -0.05) is 18.2 Å². The highest BCUT2D eigenvalue weighted by Crippen LogP contribution is 2.35. The van der Waals surface area contributed by atoms with Crippen LogP contribution < -0.4 is 14.6 Å². The number of amides is 2. The van der Waals surface area contributed by atoms with Gasteiger partial charge in [0, 0.05) is 12.1 Å². The van der Waals surface area contributed by atoms with Crippen molar-refractivity contribution in [1.29, 1.82) is 0 Å². The van der Waals surface area contributed by atoms with Gasteiger partial charge in [0.2, 0.25) is 6.04 Å². The highest BCUT2D eigenvalue weighted by atomic mass is 16.5. The van der Waals surface area contributed by atoms with Crippen molar-refractivity contribution in [2.24, 2.45) is 0 Å². The first-order chi connectivity index (χ1) is 11.7. The molecule has 6 nitrogen and oxygen atoms in total. The van der Waals surface area contributed by atoms with Crippen LogP contribution in [0.2, 0.25) is 0 Å². The molecular weight excluding hydrogens is 306 g/mol. The lowest BCUT2D eigenvalue weighted by Gasteiger charge is -2.28. The summed E-state index contributed by atoms with van der Waals surface area (Å²) in [5, 5.41) is 11.7. The number of nitrogens with one attached hydrogen (secondary N) is 1. The topological polar surface area (TPSA) is 81.6 Å². The van der Waals surface area contributed by atoms with Gasteiger partial charge in [0.05, 0.1) is 18.6 Å². The Morgan fingerprint density at radius 2 is 1.92 bits per heavy atom. The molecule has 1 aromatic carbocycles. The zero-order chi connectivity index (χ0) is 17.1. The molecule has 1 aliphatic heterocycles. The van der Waals surface area contributed by atoms with Crippen molar-refractivity contribution in [1.82, 2.24) is 5.32 Å². The number of nitrogens with zero attached hydrogens (tertiary/aromatic N) is 2. The van der Waals surface area contributed by atoms with Crippen LogP contribution in [0.4, 0.5) is 0 Å². The second-order valence-corrected chi connectivity index (χ2v) is 5.37. The van der Waals surface area contributed by atoms with Gasteiger partial charge in [0.1, 0.15) is 5.75 Å². The zero-order valence-corrected chi connectivity index (χ0v) is 13.0. The van der Waals surface area contributed by atoms with Gasteiger partial charge in [0.15, 0.2) is 12.4 Å². The monoisotopic (exact) mass is 321 g/mol. The van der Waals surface area contributed by atoms with Crippen LogP contribution in [-0.2, 0) is 9.59 Å². The summed E-state index contributed by atoms with van der Waals surface area (Å²) in [7, 11) is 1.54. The molecule has 1 fully saturated rings. The molecule has 3 rings (SSSR count). The van der Waals surface area contributed by atoms with E-state index in [1.807, 2.05) is 11.9 Å². The molecule has 0 spiro atoms. The maximum Gasteiger partial charge on any atom is 0.296 e. The number of carbonyl (C=O) groups is 2. The molecule has 0 aliphatic carbocycles. The van der Waals surface area contributed by atoms with E-state index in [0.29, 0.717) is 11.3 Å². The number of piperidine rings is 1. The molecule has 0 saturated carbocycles. The summed E-state index contributed by atoms with van der Waals surface area (Å²) >= 11 is 0. The van der Waals surface area contributed by atoms with Gasteiger partial charge in [-0.15, -0.1) is 0 Å². The Hall–Kier alpha value is -3.24. The molecule has 2 atom stereocenters. The Balaban J connectivity index is 2.18. The van der Waals surface area contributed by atoms with Crippen molar-refractivity contribution in [3.05, 3.63) is 71.4 Å². The van der Waals surface area contributed by atoms with Crippen LogP contribution in [0, 0.1) is 0 Å². The Labute approximate surface area is 138 Å². The summed E-state index contributed by atoms with van der Waals surface area (Å²) in [6, 6.07) is 11.7. The molecule has 2 heterocycles. The van der Waals surface area contributed by atoms with Crippen LogP contribution in [0.1, 0.15) is 17.5 Å². The van der Waals surface area contributed by atoms with Crippen molar-refractivity contribution < 1.29 is 18.9 Å². The molecule has 24 heavy (non-hydrogen) atoms. The van der Waals surface area contributed by atoms with E-state index in [4.69, 9.17) is 4.74 Å². The summed E-state index contributed by atoms with van der Waals surface area (Å²) in [4.78, 5) is 24.6. The minimum absolute atomic E-state index is 0.00389. The average molecular weight is 321 g/mol. The standard InChI is InChI=1S/C18H15N3O3/c1-24-13-7-5-6-12(10-13)15-14(11-19)17(22)20-18(23)16(15)21-8-3-2-4-9-21/h2-10,15-16H,1H3,(H,20,22,23)/t15-,16+/m0/s1. The molecule has 6 heteroatoms. The number of benzene rings is 1. The average Bonchev–Trinajstić information content (AvgIpc) is 2.62. The van der Waals surface area contributed by atoms with Crippen LogP contribution in [0.15, 0.2) is 60.4 Å². The SMILES string of the molecule is COc1cccc([C@H]2C(=C=[N-])C(=O)NC(=O)[C@@H]2[n+]2ccccc2)c1. The number of imide groups is 1. The summed E-state index contributed by atoms with van der Waals surface area (Å²) in [6.45, 7) is 0. The first kappa shape index (κ1) is 15.6. The fourth-order valence-electron chi connectivity index (χ4n) is 2.91. The van der Waals surface area contributed by atoms with Crippen LogP contribution in [0.3, 0.4) is 0 Å². The molecule has 1 saturated heterocycles. The molecule has 0 bridgehead atoms. The Bertz CT molecular complexity index is 842. The van der Waals surface area contributed by atoms with E-state index in [2.05, 4.69) is 5.32 Å². The number of pyridine rings is 1. The maximum atomic E-state index is 12.5. The third-order valence-electron chi connectivity index (χ3n) is 4.01. The summed E-state index contributed by atoms with van der Waals surface area (Å²) in [5.74, 6) is 0.782. The number of hydrogen-bond acceptors (Lipinski definition) is 3. The smallest absolute Gasteiger partial charge is 0.296 e. The van der Waals surface area contributed by atoms with Crippen LogP contribution in [-0.4, -0.2) is 24.8 Å². The van der Waals surface area contributed by atoms with Crippen molar-refractivity contribution >= 4 is 17.7 Å². The highest BCUT2D eigenvalue weighted by molar-refractivity contribution is 6.14. The van der Waals surface area contributed by atoms with Crippen molar-refractivity contribution in [2.45, 2.75) is 12.0 Å². The zero-order valence-electron chi connectivity index (χ0n) is 13.0. The van der Waals surface area contributed by atoms with E-state index in [-0.39, 0.29) is 5.57 Å². The van der Waals surface area contributed by atoms with Crippen LogP contribution in [0.25, 0.3) is 5.41 Å². The maximum absolute atomic E-state index is 12.5. The Morgan fingerprint density at radius 1 is 1.17 bits per heavy atom. The first-order valence-corrected chi connectivity index (χ1v) is 7.37. The largest absolute Gasteiger partial charge is 0.763 e. The normalized spacial score (nSPS) is 20.3. The summed E-state index contributed by atoms with van der Waals surface area (Å²) in [6.07, 6.45) is 3.48. The van der Waals surface area contributed by atoms with Gasteiger partial charge in [-0.25, -0.2) is 0 Å². The number of aromatic nitrogens is 1. The predicted molar refractivity (Wildman–Crippen MR) is 86.4 cm³/mol. The second kappa shape index (κ2) is 6.48. The molecule has 120 valence electrons. The lowest BCUT2D eigenvalue weighted by atomic mass is 9.81. The fraction of sp³-hybridized carbons (Fsp3) is 0.167. The van der Waals surface area contributed by atoms with E-state index in [9.17, 15) is 15.0 Å². The number of hydrogen-bond donors (Lipinski definition) is 1. The first-order valence-electron chi connectivity index (χ1n) is 7.37. The highest BCUT2D eigenvalue weighted by Gasteiger charge is 2.46. The molecule has 0 unspecified atom stereocenters. The third-order valence-corrected chi connectivity index (χ3v) is 4.01. The lowest BCUT2D eigenvalue weighted by Crippen LogP contribution is -2.57. The minimum Gasteiger partial charge on any atom is -0.763 e. The molecule has 0 radical (unpaired) electrons. The van der Waals surface area contributed by atoms with Crippen LogP contribution >= 0.6 is 0 Å². The molecular formula is C18H15N3O3. The summed E-state index contributed by atoms with van der Waals surface area (Å²) < 4.78 is 6.92. The molecule has 2 amide bonds. The number of carbonyl (C=O) groups excluding carboxylic acids is 2.